The van der Waals surface area contributed by atoms with Gasteiger partial charge in [-0.1, -0.05) is 23.4 Å². The number of nitrogens with two attached hydrogens (primary N) is 1. The Hall–Kier alpha value is -1.72. The van der Waals surface area contributed by atoms with Crippen molar-refractivity contribution in [2.45, 2.75) is 37.3 Å². The monoisotopic (exact) mass is 272 g/mol. The molecule has 0 amide bonds. The van der Waals surface area contributed by atoms with Crippen LogP contribution in [0.3, 0.4) is 0 Å². The zero-order chi connectivity index (χ0) is 14.0. The molecule has 0 spiro atoms. The van der Waals surface area contributed by atoms with Crippen molar-refractivity contribution >= 4 is 0 Å². The highest BCUT2D eigenvalue weighted by molar-refractivity contribution is 5.32. The van der Waals surface area contributed by atoms with Gasteiger partial charge in [0.1, 0.15) is 0 Å². The normalized spacial score (nSPS) is 18.5. The topological polar surface area (TPSA) is 66.0 Å². The molecule has 106 valence electrons. The van der Waals surface area contributed by atoms with E-state index in [1.54, 1.807) is 13.3 Å². The zero-order valence-corrected chi connectivity index (χ0v) is 11.7. The van der Waals surface area contributed by atoms with Gasteiger partial charge < -0.3 is 10.5 Å². The van der Waals surface area contributed by atoms with Crippen molar-refractivity contribution in [2.75, 3.05) is 7.11 Å². The molecule has 0 radical (unpaired) electrons. The maximum Gasteiger partial charge on any atom is 0.0814 e. The Balaban J connectivity index is 1.82. The van der Waals surface area contributed by atoms with Crippen molar-refractivity contribution < 1.29 is 4.74 Å². The number of para-hydroxylation sites is 1. The van der Waals surface area contributed by atoms with Crippen molar-refractivity contribution in [2.24, 2.45) is 5.73 Å². The molecule has 0 aliphatic heterocycles. The minimum atomic E-state index is -0.120. The van der Waals surface area contributed by atoms with Gasteiger partial charge >= 0.3 is 0 Å². The Morgan fingerprint density at radius 3 is 2.70 bits per heavy atom. The van der Waals surface area contributed by atoms with E-state index < -0.39 is 0 Å². The molecule has 1 aromatic carbocycles. The van der Waals surface area contributed by atoms with Crippen molar-refractivity contribution in [1.29, 1.82) is 0 Å². The van der Waals surface area contributed by atoms with Crippen molar-refractivity contribution in [3.8, 4) is 5.69 Å². The summed E-state index contributed by atoms with van der Waals surface area (Å²) in [6.45, 7) is 0. The number of hydrogen-bond acceptors (Lipinski definition) is 4. The van der Waals surface area contributed by atoms with E-state index in [-0.39, 0.29) is 11.6 Å². The molecule has 0 bridgehead atoms. The first-order valence-electron chi connectivity index (χ1n) is 7.01. The number of aromatic nitrogens is 3. The summed E-state index contributed by atoms with van der Waals surface area (Å²) in [6, 6.07) is 9.82. The lowest BCUT2D eigenvalue weighted by Crippen LogP contribution is -2.42. The molecule has 1 aliphatic carbocycles. The van der Waals surface area contributed by atoms with E-state index in [1.807, 2.05) is 35.0 Å². The standard InChI is InChI=1S/C15H20N4O/c1-20-15(8-5-9-15)10-13(16)14-11-17-18-19(14)12-6-3-2-4-7-12/h2-4,6-7,11,13H,5,8-10,16H2,1H3. The predicted molar refractivity (Wildman–Crippen MR) is 76.5 cm³/mol. The molecule has 20 heavy (non-hydrogen) atoms. The van der Waals surface area contributed by atoms with E-state index >= 15 is 0 Å². The molecule has 1 heterocycles. The predicted octanol–water partition coefficient (Wildman–Crippen LogP) is 2.23. The fourth-order valence-corrected chi connectivity index (χ4v) is 2.83. The Labute approximate surface area is 118 Å². The molecule has 2 aromatic rings. The fraction of sp³-hybridized carbons (Fsp3) is 0.467. The number of benzene rings is 1. The summed E-state index contributed by atoms with van der Waals surface area (Å²) in [5.74, 6) is 0. The molecule has 3 rings (SSSR count). The average molecular weight is 272 g/mol. The van der Waals surface area contributed by atoms with Crippen LogP contribution >= 0.6 is 0 Å². The van der Waals surface area contributed by atoms with Gasteiger partial charge in [-0.3, -0.25) is 0 Å². The number of ether oxygens (including phenoxy) is 1. The van der Waals surface area contributed by atoms with Crippen LogP contribution in [0, 0.1) is 0 Å². The highest BCUT2D eigenvalue weighted by atomic mass is 16.5. The summed E-state index contributed by atoms with van der Waals surface area (Å²) in [5.41, 5.74) is 8.23. The van der Waals surface area contributed by atoms with Crippen LogP contribution < -0.4 is 5.73 Å². The minimum absolute atomic E-state index is 0.0504. The SMILES string of the molecule is COC1(CC(N)c2cnnn2-c2ccccc2)CCC1. The van der Waals surface area contributed by atoms with E-state index in [1.165, 1.54) is 6.42 Å². The van der Waals surface area contributed by atoms with Crippen LogP contribution in [-0.2, 0) is 4.74 Å². The quantitative estimate of drug-likeness (QED) is 0.906. The highest BCUT2D eigenvalue weighted by Gasteiger charge is 2.39. The van der Waals surface area contributed by atoms with E-state index in [2.05, 4.69) is 10.3 Å². The van der Waals surface area contributed by atoms with Crippen molar-refractivity contribution in [1.82, 2.24) is 15.0 Å². The highest BCUT2D eigenvalue weighted by Crippen LogP contribution is 2.41. The third-order valence-corrected chi connectivity index (χ3v) is 4.25. The second kappa shape index (κ2) is 5.34. The van der Waals surface area contributed by atoms with Crippen LogP contribution in [0.15, 0.2) is 36.5 Å². The average Bonchev–Trinajstić information content (AvgIpc) is 2.93. The summed E-state index contributed by atoms with van der Waals surface area (Å²) in [5, 5.41) is 8.16. The van der Waals surface area contributed by atoms with Gasteiger partial charge in [0.25, 0.3) is 0 Å². The maximum atomic E-state index is 6.37. The number of hydrogen-bond donors (Lipinski definition) is 1. The molecule has 0 saturated heterocycles. The smallest absolute Gasteiger partial charge is 0.0814 e. The maximum absolute atomic E-state index is 6.37. The Kier molecular flexibility index (Phi) is 3.54. The third-order valence-electron chi connectivity index (χ3n) is 4.25. The van der Waals surface area contributed by atoms with Gasteiger partial charge in [-0.2, -0.15) is 0 Å². The van der Waals surface area contributed by atoms with Gasteiger partial charge in [-0.15, -0.1) is 5.10 Å². The molecule has 1 atom stereocenters. The number of nitrogens with zero attached hydrogens (tertiary/aromatic N) is 3. The third kappa shape index (κ3) is 2.34. The summed E-state index contributed by atoms with van der Waals surface area (Å²) in [6.07, 6.45) is 5.95. The summed E-state index contributed by atoms with van der Waals surface area (Å²) < 4.78 is 7.47. The molecular formula is C15H20N4O. The molecule has 1 aromatic heterocycles. The zero-order valence-electron chi connectivity index (χ0n) is 11.7. The Morgan fingerprint density at radius 2 is 2.10 bits per heavy atom. The largest absolute Gasteiger partial charge is 0.378 e. The fourth-order valence-electron chi connectivity index (χ4n) is 2.83. The number of methoxy groups -OCH3 is 1. The lowest BCUT2D eigenvalue weighted by molar-refractivity contribution is -0.0819. The van der Waals surface area contributed by atoms with Gasteiger partial charge in [0.05, 0.1) is 29.2 Å². The van der Waals surface area contributed by atoms with Crippen molar-refractivity contribution in [3.63, 3.8) is 0 Å². The summed E-state index contributed by atoms with van der Waals surface area (Å²) >= 11 is 0. The molecule has 1 saturated carbocycles. The first-order valence-corrected chi connectivity index (χ1v) is 7.01. The van der Waals surface area contributed by atoms with Gasteiger partial charge in [-0.25, -0.2) is 4.68 Å². The molecule has 1 aliphatic rings. The molecule has 1 unspecified atom stereocenters. The van der Waals surface area contributed by atoms with E-state index in [9.17, 15) is 0 Å². The molecule has 2 N–H and O–H groups in total. The van der Waals surface area contributed by atoms with Crippen LogP contribution in [0.1, 0.15) is 37.4 Å². The summed E-state index contributed by atoms with van der Waals surface area (Å²) in [7, 11) is 1.78. The van der Waals surface area contributed by atoms with Crippen LogP contribution in [0.2, 0.25) is 0 Å². The Bertz CT molecular complexity index is 557. The van der Waals surface area contributed by atoms with E-state index in [0.717, 1.165) is 30.6 Å². The molecular weight excluding hydrogens is 252 g/mol. The van der Waals surface area contributed by atoms with Gasteiger partial charge in [-0.05, 0) is 37.8 Å². The molecule has 1 fully saturated rings. The van der Waals surface area contributed by atoms with Gasteiger partial charge in [0, 0.05) is 7.11 Å². The van der Waals surface area contributed by atoms with Crippen LogP contribution in [-0.4, -0.2) is 27.7 Å². The van der Waals surface area contributed by atoms with E-state index in [0.29, 0.717) is 0 Å². The van der Waals surface area contributed by atoms with Gasteiger partial charge in [0.15, 0.2) is 0 Å². The second-order valence-electron chi connectivity index (χ2n) is 5.46. The first-order chi connectivity index (χ1) is 9.74. The van der Waals surface area contributed by atoms with Crippen molar-refractivity contribution in [3.05, 3.63) is 42.2 Å². The van der Waals surface area contributed by atoms with E-state index in [4.69, 9.17) is 10.5 Å². The van der Waals surface area contributed by atoms with Gasteiger partial charge in [0.2, 0.25) is 0 Å². The summed E-state index contributed by atoms with van der Waals surface area (Å²) in [4.78, 5) is 0. The second-order valence-corrected chi connectivity index (χ2v) is 5.46. The number of rotatable bonds is 5. The van der Waals surface area contributed by atoms with Crippen LogP contribution in [0.5, 0.6) is 0 Å². The van der Waals surface area contributed by atoms with Crippen LogP contribution in [0.4, 0.5) is 0 Å². The van der Waals surface area contributed by atoms with Crippen LogP contribution in [0.25, 0.3) is 5.69 Å². The molecule has 5 nitrogen and oxygen atoms in total. The minimum Gasteiger partial charge on any atom is -0.378 e. The Morgan fingerprint density at radius 1 is 1.35 bits per heavy atom. The molecule has 5 heteroatoms. The lowest BCUT2D eigenvalue weighted by Gasteiger charge is -2.42. The lowest BCUT2D eigenvalue weighted by atomic mass is 9.75. The first kappa shape index (κ1) is 13.3.